The number of guanidine groups is 1. The first-order valence-corrected chi connectivity index (χ1v) is 9.61. The number of halogens is 1. The van der Waals surface area contributed by atoms with E-state index in [9.17, 15) is 4.39 Å². The minimum absolute atomic E-state index is 0.0552. The second-order valence-corrected chi connectivity index (χ2v) is 7.00. The normalized spacial score (nSPS) is 15.2. The van der Waals surface area contributed by atoms with Crippen LogP contribution in [-0.4, -0.2) is 26.1 Å². The summed E-state index contributed by atoms with van der Waals surface area (Å²) in [6, 6.07) is 15.0. The lowest BCUT2D eigenvalue weighted by molar-refractivity contribution is 0.602. The molecule has 2 aromatic rings. The zero-order valence-electron chi connectivity index (χ0n) is 16.4. The van der Waals surface area contributed by atoms with Crippen molar-refractivity contribution in [1.82, 2.24) is 10.6 Å². The highest BCUT2D eigenvalue weighted by Gasteiger charge is 2.14. The van der Waals surface area contributed by atoms with Crippen LogP contribution in [0.5, 0.6) is 0 Å². The Hall–Kier alpha value is -3.07. The summed E-state index contributed by atoms with van der Waals surface area (Å²) >= 11 is 0. The molecule has 2 N–H and O–H groups in total. The van der Waals surface area contributed by atoms with Gasteiger partial charge in [0.2, 0.25) is 0 Å². The highest BCUT2D eigenvalue weighted by molar-refractivity contribution is 5.80. The van der Waals surface area contributed by atoms with Gasteiger partial charge in [0, 0.05) is 37.9 Å². The molecule has 0 bridgehead atoms. The van der Waals surface area contributed by atoms with E-state index in [2.05, 4.69) is 51.7 Å². The van der Waals surface area contributed by atoms with Gasteiger partial charge in [-0.15, -0.1) is 0 Å². The van der Waals surface area contributed by atoms with Gasteiger partial charge >= 0.3 is 0 Å². The predicted octanol–water partition coefficient (Wildman–Crippen LogP) is 3.72. The van der Waals surface area contributed by atoms with E-state index in [1.807, 2.05) is 6.07 Å². The van der Waals surface area contributed by atoms with E-state index in [1.165, 1.54) is 30.2 Å². The third kappa shape index (κ3) is 4.80. The first-order valence-electron chi connectivity index (χ1n) is 9.61. The number of benzene rings is 2. The second kappa shape index (κ2) is 9.23. The summed E-state index contributed by atoms with van der Waals surface area (Å²) in [5.74, 6) is 0.205. The van der Waals surface area contributed by atoms with Crippen LogP contribution in [-0.2, 0) is 6.54 Å². The molecule has 1 atom stereocenters. The minimum atomic E-state index is -0.395. The maximum Gasteiger partial charge on any atom is 0.191 e. The number of aliphatic imine (C=N–C) groups is 1. The number of anilines is 1. The number of rotatable bonds is 5. The maximum absolute atomic E-state index is 14.1. The van der Waals surface area contributed by atoms with Crippen LogP contribution in [0.15, 0.2) is 47.5 Å². The summed E-state index contributed by atoms with van der Waals surface area (Å²) in [6.45, 7) is 4.60. The summed E-state index contributed by atoms with van der Waals surface area (Å²) in [6.07, 6.45) is 2.50. The molecule has 1 saturated heterocycles. The molecule has 1 unspecified atom stereocenters. The Kier molecular flexibility index (Phi) is 6.49. The van der Waals surface area contributed by atoms with E-state index in [-0.39, 0.29) is 12.6 Å². The minimum Gasteiger partial charge on any atom is -0.372 e. The first-order chi connectivity index (χ1) is 13.6. The molecule has 6 heteroatoms. The first kappa shape index (κ1) is 19.7. The van der Waals surface area contributed by atoms with Crippen molar-refractivity contribution in [2.45, 2.75) is 32.4 Å². The zero-order chi connectivity index (χ0) is 19.9. The number of nitriles is 1. The van der Waals surface area contributed by atoms with Gasteiger partial charge in [0.25, 0.3) is 0 Å². The summed E-state index contributed by atoms with van der Waals surface area (Å²) in [5.41, 5.74) is 3.24. The van der Waals surface area contributed by atoms with Gasteiger partial charge < -0.3 is 15.5 Å². The van der Waals surface area contributed by atoms with Gasteiger partial charge in [0.05, 0.1) is 17.7 Å². The van der Waals surface area contributed by atoms with Gasteiger partial charge in [0.15, 0.2) is 5.96 Å². The molecule has 0 amide bonds. The Balaban J connectivity index is 1.61. The molecule has 3 rings (SSSR count). The van der Waals surface area contributed by atoms with Crippen LogP contribution in [0.2, 0.25) is 0 Å². The topological polar surface area (TPSA) is 63.5 Å². The molecule has 0 saturated carbocycles. The van der Waals surface area contributed by atoms with Crippen molar-refractivity contribution >= 4 is 11.6 Å². The Morgan fingerprint density at radius 3 is 2.71 bits per heavy atom. The van der Waals surface area contributed by atoms with Crippen LogP contribution in [0, 0.1) is 17.1 Å². The van der Waals surface area contributed by atoms with E-state index < -0.39 is 5.82 Å². The second-order valence-electron chi connectivity index (χ2n) is 7.00. The number of nitrogens with zero attached hydrogens (tertiary/aromatic N) is 3. The molecular formula is C22H26FN5. The Labute approximate surface area is 165 Å². The quantitative estimate of drug-likeness (QED) is 0.614. The van der Waals surface area contributed by atoms with Crippen molar-refractivity contribution in [2.75, 3.05) is 25.0 Å². The van der Waals surface area contributed by atoms with E-state index in [0.29, 0.717) is 17.1 Å². The van der Waals surface area contributed by atoms with Crippen molar-refractivity contribution in [3.63, 3.8) is 0 Å². The maximum atomic E-state index is 14.1. The largest absolute Gasteiger partial charge is 0.372 e. The fraction of sp³-hybridized carbons (Fsp3) is 0.364. The molecule has 5 nitrogen and oxygen atoms in total. The molecule has 0 spiro atoms. The summed E-state index contributed by atoms with van der Waals surface area (Å²) in [7, 11) is 1.69. The third-order valence-electron chi connectivity index (χ3n) is 5.05. The number of hydrogen-bond acceptors (Lipinski definition) is 3. The van der Waals surface area contributed by atoms with Gasteiger partial charge in [-0.3, -0.25) is 4.99 Å². The highest BCUT2D eigenvalue weighted by atomic mass is 19.1. The molecular weight excluding hydrogens is 353 g/mol. The summed E-state index contributed by atoms with van der Waals surface area (Å²) < 4.78 is 14.1. The molecule has 1 heterocycles. The Morgan fingerprint density at radius 1 is 1.25 bits per heavy atom. The van der Waals surface area contributed by atoms with E-state index >= 15 is 0 Å². The third-order valence-corrected chi connectivity index (χ3v) is 5.05. The van der Waals surface area contributed by atoms with E-state index in [1.54, 1.807) is 19.2 Å². The molecule has 146 valence electrons. The smallest absolute Gasteiger partial charge is 0.191 e. The van der Waals surface area contributed by atoms with Crippen LogP contribution >= 0.6 is 0 Å². The number of nitrogens with one attached hydrogen (secondary N) is 2. The molecule has 0 radical (unpaired) electrons. The fourth-order valence-electron chi connectivity index (χ4n) is 3.39. The molecule has 0 aromatic heterocycles. The molecule has 1 aliphatic heterocycles. The average molecular weight is 379 g/mol. The number of hydrogen-bond donors (Lipinski definition) is 2. The molecule has 0 aliphatic carbocycles. The Bertz CT molecular complexity index is 881. The van der Waals surface area contributed by atoms with Gasteiger partial charge in [-0.2, -0.15) is 5.26 Å². The van der Waals surface area contributed by atoms with Gasteiger partial charge in [-0.25, -0.2) is 4.39 Å². The van der Waals surface area contributed by atoms with Crippen LogP contribution in [0.4, 0.5) is 10.1 Å². The molecule has 1 fully saturated rings. The predicted molar refractivity (Wildman–Crippen MR) is 111 cm³/mol. The standard InChI is InChI=1S/C22H26FN5/c1-16(18-6-5-7-20(13-18)28-10-3-4-11-28)27-22(25-2)26-15-19-9-8-17(14-24)12-21(19)23/h5-9,12-13,16H,3-4,10-11,15H2,1-2H3,(H2,25,26,27). The fourth-order valence-corrected chi connectivity index (χ4v) is 3.39. The van der Waals surface area contributed by atoms with Crippen molar-refractivity contribution in [3.05, 3.63) is 65.0 Å². The van der Waals surface area contributed by atoms with Gasteiger partial charge in [-0.1, -0.05) is 18.2 Å². The Morgan fingerprint density at radius 2 is 2.04 bits per heavy atom. The lowest BCUT2D eigenvalue weighted by atomic mass is 10.1. The van der Waals surface area contributed by atoms with Crippen molar-refractivity contribution < 1.29 is 4.39 Å². The van der Waals surface area contributed by atoms with Crippen molar-refractivity contribution in [3.8, 4) is 6.07 Å². The van der Waals surface area contributed by atoms with Crippen LogP contribution < -0.4 is 15.5 Å². The summed E-state index contributed by atoms with van der Waals surface area (Å²) in [5, 5.41) is 15.3. The van der Waals surface area contributed by atoms with Gasteiger partial charge in [0.1, 0.15) is 5.82 Å². The monoisotopic (exact) mass is 379 g/mol. The molecule has 2 aromatic carbocycles. The highest BCUT2D eigenvalue weighted by Crippen LogP contribution is 2.24. The van der Waals surface area contributed by atoms with Crippen molar-refractivity contribution in [2.24, 2.45) is 4.99 Å². The molecule has 1 aliphatic rings. The van der Waals surface area contributed by atoms with Crippen molar-refractivity contribution in [1.29, 1.82) is 5.26 Å². The van der Waals surface area contributed by atoms with Crippen LogP contribution in [0.3, 0.4) is 0 Å². The summed E-state index contributed by atoms with van der Waals surface area (Å²) in [4.78, 5) is 6.65. The van der Waals surface area contributed by atoms with Crippen LogP contribution in [0.25, 0.3) is 0 Å². The van der Waals surface area contributed by atoms with Crippen LogP contribution in [0.1, 0.15) is 42.5 Å². The van der Waals surface area contributed by atoms with E-state index in [0.717, 1.165) is 13.1 Å². The lowest BCUT2D eigenvalue weighted by Gasteiger charge is -2.22. The zero-order valence-corrected chi connectivity index (χ0v) is 16.4. The van der Waals surface area contributed by atoms with Gasteiger partial charge in [-0.05, 0) is 49.6 Å². The van der Waals surface area contributed by atoms with E-state index in [4.69, 9.17) is 5.26 Å². The molecule has 28 heavy (non-hydrogen) atoms. The average Bonchev–Trinajstić information content (AvgIpc) is 3.26. The SMILES string of the molecule is CN=C(NCc1ccc(C#N)cc1F)NC(C)c1cccc(N2CCCC2)c1. The lowest BCUT2D eigenvalue weighted by Crippen LogP contribution is -2.38.